The van der Waals surface area contributed by atoms with Crippen molar-refractivity contribution >= 4 is 34.2 Å². The molecular formula is C43H60ClN6O4+. The second-order valence-electron chi connectivity index (χ2n) is 13.8. The van der Waals surface area contributed by atoms with E-state index in [1.54, 1.807) is 29.5 Å². The van der Waals surface area contributed by atoms with Crippen molar-refractivity contribution < 1.29 is 23.6 Å². The highest BCUT2D eigenvalue weighted by atomic mass is 35.5. The van der Waals surface area contributed by atoms with Crippen LogP contribution in [0.4, 0.5) is 0 Å². The third-order valence-electron chi connectivity index (χ3n) is 9.22. The van der Waals surface area contributed by atoms with Gasteiger partial charge in [0.2, 0.25) is 0 Å². The van der Waals surface area contributed by atoms with Gasteiger partial charge in [-0.3, -0.25) is 14.8 Å². The number of unbranched alkanes of at least 4 members (excludes halogenated alkanes) is 8. The number of hydrazine groups is 1. The zero-order valence-electron chi connectivity index (χ0n) is 32.1. The third kappa shape index (κ3) is 16.1. The van der Waals surface area contributed by atoms with Crippen molar-refractivity contribution in [3.05, 3.63) is 101 Å². The van der Waals surface area contributed by atoms with Crippen molar-refractivity contribution in [3.8, 4) is 5.75 Å². The molecule has 0 spiro atoms. The number of fused-ring (bicyclic) bond motifs is 1. The van der Waals surface area contributed by atoms with Crippen LogP contribution in [0.2, 0.25) is 5.02 Å². The Bertz CT molecular complexity index is 1710. The van der Waals surface area contributed by atoms with Crippen molar-refractivity contribution in [1.82, 2.24) is 15.0 Å². The fourth-order valence-electron chi connectivity index (χ4n) is 6.38. The van der Waals surface area contributed by atoms with Crippen LogP contribution in [-0.2, 0) is 33.7 Å². The Morgan fingerprint density at radius 2 is 1.48 bits per heavy atom. The highest BCUT2D eigenvalue weighted by Gasteiger charge is 2.18. The number of nitrogens with two attached hydrogens (primary N) is 2. The topological polar surface area (TPSA) is 130 Å². The van der Waals surface area contributed by atoms with Gasteiger partial charge in [-0.15, -0.1) is 0 Å². The average molecular weight is 760 g/mol. The predicted molar refractivity (Wildman–Crippen MR) is 216 cm³/mol. The number of hydrogen-bond acceptors (Lipinski definition) is 9. The largest absolute Gasteiger partial charge is 0.424 e. The molecular weight excluding hydrogens is 700 g/mol. The molecule has 1 aromatic carbocycles. The summed E-state index contributed by atoms with van der Waals surface area (Å²) >= 11 is 6.49. The van der Waals surface area contributed by atoms with E-state index in [0.717, 1.165) is 90.8 Å². The van der Waals surface area contributed by atoms with E-state index in [-0.39, 0.29) is 5.75 Å². The Kier molecular flexibility index (Phi) is 19.8. The molecule has 0 saturated carbocycles. The van der Waals surface area contributed by atoms with E-state index in [4.69, 9.17) is 37.4 Å². The number of ether oxygens (including phenoxy) is 3. The summed E-state index contributed by atoms with van der Waals surface area (Å²) in [6.07, 6.45) is 27.1. The van der Waals surface area contributed by atoms with Crippen LogP contribution < -0.4 is 20.9 Å². The number of pyridine rings is 3. The van der Waals surface area contributed by atoms with E-state index >= 15 is 0 Å². The standard InChI is InChI=1S/C43H60ClN6O4/c1-35(51)54-43-39(31-40(44)38-21-13-23-48-42(38)43)41(45)34-50(46)26-9-5-7-11-28-53-30-16-20-37-18-14-25-49(33-37)24-8-4-2-3-6-10-27-52-29-15-19-36-17-12-22-47-32-36/h12-14,17-18,21-23,25,31-34H,2-11,15-16,19-20,24,26-30,45-46H2,1H3/q+1/b41-34-. The SMILES string of the molecule is CC(=O)Oc1c(/C(N)=C/N(N)CCCCCCOCCCc2ccc[n+](CCCCCCCCOCCCc3cccnc3)c2)cc(Cl)c2cccnc12. The molecule has 292 valence electrons. The number of carbonyl (C=O) groups excluding carboxylic acids is 1. The minimum atomic E-state index is -0.471. The molecule has 10 nitrogen and oxygen atoms in total. The molecule has 0 fully saturated rings. The molecule has 11 heteroatoms. The van der Waals surface area contributed by atoms with Gasteiger partial charge in [0.05, 0.1) is 10.7 Å². The Morgan fingerprint density at radius 1 is 0.833 bits per heavy atom. The number of benzene rings is 1. The molecule has 0 saturated heterocycles. The van der Waals surface area contributed by atoms with Gasteiger partial charge in [-0.1, -0.05) is 49.8 Å². The van der Waals surface area contributed by atoms with Crippen molar-refractivity contribution in [2.45, 2.75) is 103 Å². The van der Waals surface area contributed by atoms with Crippen LogP contribution in [-0.4, -0.2) is 53.9 Å². The lowest BCUT2D eigenvalue weighted by Gasteiger charge is -2.17. The van der Waals surface area contributed by atoms with Crippen LogP contribution in [0.3, 0.4) is 0 Å². The second kappa shape index (κ2) is 25.1. The fourth-order valence-corrected chi connectivity index (χ4v) is 6.64. The molecule has 0 amide bonds. The molecule has 3 aromatic heterocycles. The molecule has 0 aliphatic rings. The van der Waals surface area contributed by atoms with E-state index in [1.807, 2.05) is 24.5 Å². The number of carbonyl (C=O) groups is 1. The van der Waals surface area contributed by atoms with E-state index < -0.39 is 5.97 Å². The molecule has 0 aliphatic heterocycles. The maximum absolute atomic E-state index is 11.8. The van der Waals surface area contributed by atoms with Gasteiger partial charge in [0.1, 0.15) is 12.1 Å². The second-order valence-corrected chi connectivity index (χ2v) is 14.2. The molecule has 0 atom stereocenters. The van der Waals surface area contributed by atoms with Gasteiger partial charge < -0.3 is 25.0 Å². The maximum Gasteiger partial charge on any atom is 0.308 e. The lowest BCUT2D eigenvalue weighted by atomic mass is 10.1. The average Bonchev–Trinajstić information content (AvgIpc) is 3.17. The Balaban J connectivity index is 0.981. The third-order valence-corrected chi connectivity index (χ3v) is 9.53. The first-order chi connectivity index (χ1) is 26.4. The Hall–Kier alpha value is -4.09. The first-order valence-corrected chi connectivity index (χ1v) is 20.1. The summed E-state index contributed by atoms with van der Waals surface area (Å²) in [5, 5.41) is 2.69. The molecule has 4 rings (SSSR count). The normalized spacial score (nSPS) is 11.6. The lowest BCUT2D eigenvalue weighted by molar-refractivity contribution is -0.697. The van der Waals surface area contributed by atoms with E-state index in [2.05, 4.69) is 45.1 Å². The van der Waals surface area contributed by atoms with Gasteiger partial charge in [-0.25, -0.2) is 10.4 Å². The monoisotopic (exact) mass is 759 g/mol. The summed E-state index contributed by atoms with van der Waals surface area (Å²) in [4.78, 5) is 20.3. The molecule has 0 radical (unpaired) electrons. The minimum absolute atomic E-state index is 0.270. The Labute approximate surface area is 326 Å². The molecule has 0 unspecified atom stereocenters. The van der Waals surface area contributed by atoms with Crippen LogP contribution in [0.1, 0.15) is 101 Å². The minimum Gasteiger partial charge on any atom is -0.424 e. The van der Waals surface area contributed by atoms with E-state index in [9.17, 15) is 4.79 Å². The van der Waals surface area contributed by atoms with Gasteiger partial charge >= 0.3 is 5.97 Å². The molecule has 0 bridgehead atoms. The van der Waals surface area contributed by atoms with Crippen molar-refractivity contribution in [2.75, 3.05) is 33.0 Å². The van der Waals surface area contributed by atoms with Crippen molar-refractivity contribution in [1.29, 1.82) is 0 Å². The summed E-state index contributed by atoms with van der Waals surface area (Å²) < 4.78 is 19.6. The Morgan fingerprint density at radius 3 is 2.20 bits per heavy atom. The van der Waals surface area contributed by atoms with E-state index in [1.165, 1.54) is 50.2 Å². The summed E-state index contributed by atoms with van der Waals surface area (Å²) in [6, 6.07) is 13.8. The number of hydrogen-bond donors (Lipinski definition) is 2. The highest BCUT2D eigenvalue weighted by molar-refractivity contribution is 6.36. The molecule has 4 aromatic rings. The van der Waals surface area contributed by atoms with Gasteiger partial charge in [0.25, 0.3) is 0 Å². The first kappa shape index (κ1) is 42.6. The number of esters is 1. The van der Waals surface area contributed by atoms with Crippen LogP contribution in [0.15, 0.2) is 79.6 Å². The quantitative estimate of drug-likeness (QED) is 0.0155. The summed E-state index contributed by atoms with van der Waals surface area (Å²) in [5.41, 5.74) is 10.3. The van der Waals surface area contributed by atoms with Crippen LogP contribution in [0.25, 0.3) is 16.6 Å². The molecule has 54 heavy (non-hydrogen) atoms. The van der Waals surface area contributed by atoms with Gasteiger partial charge in [-0.05, 0) is 87.3 Å². The number of aryl methyl sites for hydroxylation is 3. The van der Waals surface area contributed by atoms with Gasteiger partial charge in [-0.2, -0.15) is 0 Å². The number of aromatic nitrogens is 3. The summed E-state index contributed by atoms with van der Waals surface area (Å²) in [7, 11) is 0. The van der Waals surface area contributed by atoms with Crippen LogP contribution >= 0.6 is 11.6 Å². The summed E-state index contributed by atoms with van der Waals surface area (Å²) in [5.74, 6) is 6.03. The van der Waals surface area contributed by atoms with Crippen LogP contribution in [0, 0.1) is 0 Å². The lowest BCUT2D eigenvalue weighted by Crippen LogP contribution is -2.33. The smallest absolute Gasteiger partial charge is 0.308 e. The van der Waals surface area contributed by atoms with Crippen molar-refractivity contribution in [2.24, 2.45) is 11.6 Å². The number of nitrogens with zero attached hydrogens (tertiary/aromatic N) is 4. The first-order valence-electron chi connectivity index (χ1n) is 19.7. The maximum atomic E-state index is 11.8. The van der Waals surface area contributed by atoms with Crippen molar-refractivity contribution in [3.63, 3.8) is 0 Å². The van der Waals surface area contributed by atoms with Gasteiger partial charge in [0, 0.05) is 93.7 Å². The molecule has 4 N–H and O–H groups in total. The predicted octanol–water partition coefficient (Wildman–Crippen LogP) is 8.13. The number of rotatable bonds is 27. The van der Waals surface area contributed by atoms with Gasteiger partial charge in [0.15, 0.2) is 18.1 Å². The van der Waals surface area contributed by atoms with E-state index in [0.29, 0.717) is 33.7 Å². The zero-order valence-corrected chi connectivity index (χ0v) is 32.9. The fraction of sp³-hybridized carbons (Fsp3) is 0.488. The number of halogens is 1. The molecule has 0 aliphatic carbocycles. The van der Waals surface area contributed by atoms with Crippen LogP contribution in [0.5, 0.6) is 5.75 Å². The molecule has 3 heterocycles. The highest BCUT2D eigenvalue weighted by Crippen LogP contribution is 2.36. The zero-order chi connectivity index (χ0) is 38.2. The summed E-state index contributed by atoms with van der Waals surface area (Å²) in [6.45, 7) is 6.29.